The van der Waals surface area contributed by atoms with Crippen LogP contribution in [0, 0.1) is 0 Å². The summed E-state index contributed by atoms with van der Waals surface area (Å²) in [4.78, 5) is 0. The van der Waals surface area contributed by atoms with Crippen LogP contribution in [0.5, 0.6) is 0 Å². The fraction of sp³-hybridized carbons (Fsp3) is 0.0732. The molecular weight excluding hydrogens is 508 g/mol. The molecule has 0 unspecified atom stereocenters. The van der Waals surface area contributed by atoms with Crippen molar-refractivity contribution in [1.82, 2.24) is 0 Å². The van der Waals surface area contributed by atoms with E-state index >= 15 is 0 Å². The van der Waals surface area contributed by atoms with E-state index in [1.54, 1.807) is 0 Å². The van der Waals surface area contributed by atoms with Gasteiger partial charge in [0.25, 0.3) is 0 Å². The fourth-order valence-corrected chi connectivity index (χ4v) is 5.73. The Morgan fingerprint density at radius 3 is 1.69 bits per heavy atom. The number of hydrogen-bond acceptors (Lipinski definition) is 1. The summed E-state index contributed by atoms with van der Waals surface area (Å²) in [5.74, 6) is 0. The second-order valence-corrected chi connectivity index (χ2v) is 9.51. The Morgan fingerprint density at radius 1 is 0.476 bits per heavy atom. The van der Waals surface area contributed by atoms with Gasteiger partial charge >= 0.3 is 0 Å². The smallest absolute Gasteiger partial charge is 0.136 e. The van der Waals surface area contributed by atoms with Crippen LogP contribution >= 0.6 is 0 Å². The van der Waals surface area contributed by atoms with Crippen molar-refractivity contribution in [2.75, 3.05) is 0 Å². The number of para-hydroxylation sites is 1. The van der Waals surface area contributed by atoms with E-state index in [1.807, 2.05) is 0 Å². The van der Waals surface area contributed by atoms with Gasteiger partial charge in [0.2, 0.25) is 0 Å². The van der Waals surface area contributed by atoms with Crippen molar-refractivity contribution in [2.45, 2.75) is 19.1 Å². The summed E-state index contributed by atoms with van der Waals surface area (Å²) in [6.45, 7) is -7.95. The molecule has 0 radical (unpaired) electrons. The molecule has 0 spiro atoms. The lowest BCUT2D eigenvalue weighted by atomic mass is 9.76. The Morgan fingerprint density at radius 2 is 0.976 bits per heavy atom. The summed E-state index contributed by atoms with van der Waals surface area (Å²) in [7, 11) is 0. The minimum Gasteiger partial charge on any atom is -0.456 e. The summed E-state index contributed by atoms with van der Waals surface area (Å²) < 4.78 is 259. The molecule has 42 heavy (non-hydrogen) atoms. The normalized spacial score (nSPS) is 23.7. The average Bonchev–Trinajstić information content (AvgIpc) is 3.86. The van der Waals surface area contributed by atoms with Gasteiger partial charge in [-0.3, -0.25) is 0 Å². The van der Waals surface area contributed by atoms with Crippen molar-refractivity contribution in [1.29, 1.82) is 0 Å². The standard InChI is InChI=1S/C41H28O/c1-41(2)34-22-9-7-13-25(34)30-19-11-21-33(40(30)41)38-28-16-5-3-14-26(28)37(27-15-4-6-17-29(27)38)32-20-12-24-36-39(32)31-18-8-10-23-35(31)42-36/h3-24H,1-2H3/i1D3,2D3,3D,4D,5D,6D,7D,8D,9D,10D,11D,12D,13D,14D,15D,16D,17D,18D,19D,20D,21D,22D,23D,24D. The first-order valence-electron chi connectivity index (χ1n) is 26.4. The van der Waals surface area contributed by atoms with Gasteiger partial charge in [0.15, 0.2) is 0 Å². The van der Waals surface area contributed by atoms with E-state index in [9.17, 15) is 9.60 Å². The van der Waals surface area contributed by atoms with E-state index in [4.69, 9.17) is 33.2 Å². The van der Waals surface area contributed by atoms with E-state index in [-0.39, 0.29) is 0 Å². The molecule has 1 heteroatoms. The molecule has 0 bridgehead atoms. The van der Waals surface area contributed by atoms with Crippen LogP contribution in [-0.2, 0) is 5.41 Å². The molecule has 0 amide bonds. The van der Waals surface area contributed by atoms with Crippen LogP contribution in [0.25, 0.3) is 76.9 Å². The summed E-state index contributed by atoms with van der Waals surface area (Å²) in [6.07, 6.45) is 0. The van der Waals surface area contributed by atoms with Gasteiger partial charge in [-0.25, -0.2) is 0 Å². The fourth-order valence-electron chi connectivity index (χ4n) is 5.73. The van der Waals surface area contributed by atoms with Crippen molar-refractivity contribution in [2.24, 2.45) is 0 Å². The Hall–Kier alpha value is -5.14. The van der Waals surface area contributed by atoms with E-state index in [2.05, 4.69) is 0 Å². The first kappa shape index (κ1) is 8.93. The highest BCUT2D eigenvalue weighted by Gasteiger charge is 2.38. The molecule has 1 aliphatic carbocycles. The van der Waals surface area contributed by atoms with Crippen molar-refractivity contribution in [3.05, 3.63) is 144 Å². The maximum atomic E-state index is 9.59. The number of fused-ring (bicyclic) bond motifs is 8. The molecule has 1 nitrogen and oxygen atoms in total. The van der Waals surface area contributed by atoms with Crippen LogP contribution in [0.3, 0.4) is 0 Å². The highest BCUT2D eigenvalue weighted by Crippen LogP contribution is 2.54. The SMILES string of the molecule is [2H]c1c([2H])c([2H])c2c(c1[2H])-c1c([2H])c([2H])c([2H])c(-c3c4c([2H])c([2H])c([2H])c([2H])c4c(-c4c([2H])c([2H])c([2H])c5oc6c([2H])c([2H])c([2H])c([2H])c6c45)c4c([2H])c([2H])c([2H])c([2H])c34)c1C2(C([2H])([2H])[2H])C([2H])([2H])[2H]. The maximum absolute atomic E-state index is 9.59. The second-order valence-electron chi connectivity index (χ2n) is 9.51. The molecule has 198 valence electrons. The van der Waals surface area contributed by atoms with Gasteiger partial charge in [-0.1, -0.05) is 135 Å². The summed E-state index contributed by atoms with van der Waals surface area (Å²) >= 11 is 0. The Kier molecular flexibility index (Phi) is 1.79. The molecule has 7 aromatic carbocycles. The highest BCUT2D eigenvalue weighted by molar-refractivity contribution is 6.26. The molecule has 1 heterocycles. The lowest BCUT2D eigenvalue weighted by molar-refractivity contribution is 0.662. The molecule has 0 atom stereocenters. The van der Waals surface area contributed by atoms with E-state index in [0.717, 1.165) is 0 Å². The molecular formula is C41H28O. The summed E-state index contributed by atoms with van der Waals surface area (Å²) in [6, 6.07) is -22.8. The molecule has 1 aromatic heterocycles. The third-order valence-electron chi connectivity index (χ3n) is 7.39. The van der Waals surface area contributed by atoms with Crippen molar-refractivity contribution in [3.8, 4) is 33.4 Å². The number of benzene rings is 7. The van der Waals surface area contributed by atoms with Crippen LogP contribution in [0.15, 0.2) is 137 Å². The van der Waals surface area contributed by atoms with Gasteiger partial charge in [0.05, 0.1) is 30.2 Å². The van der Waals surface area contributed by atoms with Gasteiger partial charge in [0.1, 0.15) is 11.2 Å². The largest absolute Gasteiger partial charge is 0.456 e. The van der Waals surface area contributed by atoms with Gasteiger partial charge in [-0.05, 0) is 78.1 Å². The topological polar surface area (TPSA) is 13.1 Å². The van der Waals surface area contributed by atoms with Gasteiger partial charge in [-0.15, -0.1) is 0 Å². The van der Waals surface area contributed by atoms with Crippen molar-refractivity contribution >= 4 is 43.5 Å². The third kappa shape index (κ3) is 3.03. The van der Waals surface area contributed by atoms with Crippen molar-refractivity contribution < 1.29 is 42.8 Å². The predicted octanol–water partition coefficient (Wildman–Crippen LogP) is 11.5. The van der Waals surface area contributed by atoms with Gasteiger partial charge < -0.3 is 4.42 Å². The average molecular weight is 565 g/mol. The minimum atomic E-state index is -3.98. The Balaban J connectivity index is 1.72. The Labute approximate surface area is 284 Å². The third-order valence-corrected chi connectivity index (χ3v) is 7.39. The van der Waals surface area contributed by atoms with Crippen LogP contribution in [-0.4, -0.2) is 0 Å². The molecule has 0 N–H and O–H groups in total. The monoisotopic (exact) mass is 564 g/mol. The van der Waals surface area contributed by atoms with E-state index in [0.29, 0.717) is 0 Å². The van der Waals surface area contributed by atoms with Crippen LogP contribution in [0.1, 0.15) is 63.2 Å². The lowest BCUT2D eigenvalue weighted by Gasteiger charge is -2.26. The number of rotatable bonds is 2. The minimum absolute atomic E-state index is 0.529. The Bertz CT molecular complexity index is 3730. The zero-order chi connectivity index (χ0) is 52.1. The van der Waals surface area contributed by atoms with Crippen LogP contribution < -0.4 is 0 Å². The van der Waals surface area contributed by atoms with Gasteiger partial charge in [-0.2, -0.15) is 0 Å². The van der Waals surface area contributed by atoms with Crippen LogP contribution in [0.4, 0.5) is 0 Å². The van der Waals surface area contributed by atoms with Gasteiger partial charge in [0, 0.05) is 24.4 Å². The molecule has 1 aliphatic rings. The molecule has 9 rings (SSSR count). The predicted molar refractivity (Wildman–Crippen MR) is 177 cm³/mol. The lowest BCUT2D eigenvalue weighted by Crippen LogP contribution is -2.16. The van der Waals surface area contributed by atoms with E-state index in [1.165, 1.54) is 0 Å². The van der Waals surface area contributed by atoms with Crippen LogP contribution in [0.2, 0.25) is 0 Å². The molecule has 0 saturated carbocycles. The molecule has 0 fully saturated rings. The number of hydrogen-bond donors (Lipinski definition) is 0. The molecule has 0 aliphatic heterocycles. The summed E-state index contributed by atoms with van der Waals surface area (Å²) in [5.41, 5.74) is -12.6. The highest BCUT2D eigenvalue weighted by atomic mass is 16.3. The molecule has 0 saturated heterocycles. The van der Waals surface area contributed by atoms with Crippen molar-refractivity contribution in [3.63, 3.8) is 0 Å². The quantitative estimate of drug-likeness (QED) is 0.190. The summed E-state index contributed by atoms with van der Waals surface area (Å²) in [5, 5.41) is -4.59. The number of furan rings is 1. The first-order chi connectivity index (χ1) is 32.3. The molecule has 8 aromatic rings. The zero-order valence-corrected chi connectivity index (χ0v) is 20.9. The van der Waals surface area contributed by atoms with E-state index < -0.39 is 240 Å². The maximum Gasteiger partial charge on any atom is 0.136 e. The second kappa shape index (κ2) is 8.44. The first-order valence-corrected chi connectivity index (χ1v) is 12.4. The zero-order valence-electron chi connectivity index (χ0n) is 48.9.